The number of rotatable bonds is 3. The Morgan fingerprint density at radius 3 is 2.79 bits per heavy atom. The number of benzene rings is 2. The number of fused-ring (bicyclic) bond motifs is 2. The number of hydrogen-bond acceptors (Lipinski definition) is 5. The van der Waals surface area contributed by atoms with Gasteiger partial charge in [-0.1, -0.05) is 0 Å². The smallest absolute Gasteiger partial charge is 0.416 e. The molecule has 1 aromatic heterocycles. The van der Waals surface area contributed by atoms with E-state index in [4.69, 9.17) is 9.15 Å². The molecule has 2 heterocycles. The van der Waals surface area contributed by atoms with Gasteiger partial charge in [0.15, 0.2) is 12.2 Å². The van der Waals surface area contributed by atoms with E-state index in [1.165, 1.54) is 12.1 Å². The summed E-state index contributed by atoms with van der Waals surface area (Å²) in [7, 11) is 0. The third-order valence-electron chi connectivity index (χ3n) is 4.32. The highest BCUT2D eigenvalue weighted by molar-refractivity contribution is 5.96. The minimum atomic E-state index is -4.48. The first-order valence-electron chi connectivity index (χ1n) is 8.36. The summed E-state index contributed by atoms with van der Waals surface area (Å²) in [6, 6.07) is 7.74. The zero-order valence-corrected chi connectivity index (χ0v) is 14.3. The van der Waals surface area contributed by atoms with Crippen molar-refractivity contribution in [2.45, 2.75) is 25.6 Å². The number of aryl methyl sites for hydroxylation is 1. The van der Waals surface area contributed by atoms with E-state index in [9.17, 15) is 22.8 Å². The average Bonchev–Trinajstić information content (AvgIpc) is 3.07. The molecule has 144 valence electrons. The molecule has 0 atom stereocenters. The third-order valence-corrected chi connectivity index (χ3v) is 4.32. The fourth-order valence-corrected chi connectivity index (χ4v) is 2.93. The standard InChI is InChI=1S/C19H13F3N2O4/c20-19(21,22)12-3-5-15-14(8-12)24-17(28-15)9-27-18(26)11-1-4-13-10(7-11)2-6-16(25)23-13/h1,3-5,7-8H,2,6,9H2,(H,23,25). The molecule has 4 rings (SSSR count). The molecule has 0 saturated heterocycles. The second kappa shape index (κ2) is 6.66. The summed E-state index contributed by atoms with van der Waals surface area (Å²) in [5.74, 6) is -0.710. The van der Waals surface area contributed by atoms with Crippen molar-refractivity contribution in [2.75, 3.05) is 5.32 Å². The van der Waals surface area contributed by atoms with Crippen LogP contribution in [0.5, 0.6) is 0 Å². The molecule has 1 aliphatic heterocycles. The summed E-state index contributed by atoms with van der Waals surface area (Å²) in [5, 5.41) is 2.72. The largest absolute Gasteiger partial charge is 0.452 e. The fraction of sp³-hybridized carbons (Fsp3) is 0.211. The molecule has 0 radical (unpaired) electrons. The lowest BCUT2D eigenvalue weighted by molar-refractivity contribution is -0.137. The highest BCUT2D eigenvalue weighted by Gasteiger charge is 2.31. The number of esters is 1. The molecule has 28 heavy (non-hydrogen) atoms. The molecule has 9 heteroatoms. The minimum Gasteiger partial charge on any atom is -0.452 e. The van der Waals surface area contributed by atoms with Crippen LogP contribution >= 0.6 is 0 Å². The maximum atomic E-state index is 12.8. The normalized spacial score (nSPS) is 13.9. The van der Waals surface area contributed by atoms with Crippen molar-refractivity contribution in [3.63, 3.8) is 0 Å². The van der Waals surface area contributed by atoms with Gasteiger partial charge in [0.1, 0.15) is 5.52 Å². The lowest BCUT2D eigenvalue weighted by atomic mass is 10.0. The monoisotopic (exact) mass is 390 g/mol. The number of aromatic nitrogens is 1. The molecule has 0 bridgehead atoms. The fourth-order valence-electron chi connectivity index (χ4n) is 2.93. The maximum absolute atomic E-state index is 12.8. The Kier molecular flexibility index (Phi) is 4.29. The molecule has 2 aromatic carbocycles. The van der Waals surface area contributed by atoms with Gasteiger partial charge in [0.05, 0.1) is 11.1 Å². The second-order valence-electron chi connectivity index (χ2n) is 6.28. The SMILES string of the molecule is O=C1CCc2cc(C(=O)OCc3nc4cc(C(F)(F)F)ccc4o3)ccc2N1. The van der Waals surface area contributed by atoms with Gasteiger partial charge in [-0.05, 0) is 48.4 Å². The van der Waals surface area contributed by atoms with E-state index in [1.807, 2.05) is 0 Å². The highest BCUT2D eigenvalue weighted by Crippen LogP contribution is 2.31. The van der Waals surface area contributed by atoms with E-state index >= 15 is 0 Å². The molecule has 0 saturated carbocycles. The molecule has 0 aliphatic carbocycles. The Morgan fingerprint density at radius 1 is 1.18 bits per heavy atom. The van der Waals surface area contributed by atoms with Crippen LogP contribution in [0.2, 0.25) is 0 Å². The van der Waals surface area contributed by atoms with E-state index < -0.39 is 17.7 Å². The molecular weight excluding hydrogens is 377 g/mol. The Morgan fingerprint density at radius 2 is 2.00 bits per heavy atom. The summed E-state index contributed by atoms with van der Waals surface area (Å²) in [6.07, 6.45) is -3.62. The van der Waals surface area contributed by atoms with Gasteiger partial charge >= 0.3 is 12.1 Å². The van der Waals surface area contributed by atoms with Crippen molar-refractivity contribution in [1.82, 2.24) is 4.98 Å². The van der Waals surface area contributed by atoms with Gasteiger partial charge in [-0.15, -0.1) is 0 Å². The number of amides is 1. The molecule has 1 N–H and O–H groups in total. The molecule has 0 spiro atoms. The van der Waals surface area contributed by atoms with E-state index in [0.717, 1.165) is 17.7 Å². The number of carbonyl (C=O) groups excluding carboxylic acids is 2. The van der Waals surface area contributed by atoms with Crippen LogP contribution in [0.25, 0.3) is 11.1 Å². The quantitative estimate of drug-likeness (QED) is 0.682. The summed E-state index contributed by atoms with van der Waals surface area (Å²) in [6.45, 7) is -0.317. The Hall–Kier alpha value is -3.36. The molecular formula is C19H13F3N2O4. The number of ether oxygens (including phenoxy) is 1. The van der Waals surface area contributed by atoms with E-state index in [-0.39, 0.29) is 29.5 Å². The number of halogens is 3. The van der Waals surface area contributed by atoms with E-state index in [1.54, 1.807) is 12.1 Å². The number of nitrogens with one attached hydrogen (secondary N) is 1. The van der Waals surface area contributed by atoms with Crippen LogP contribution in [0.3, 0.4) is 0 Å². The predicted molar refractivity (Wildman–Crippen MR) is 91.5 cm³/mol. The van der Waals surface area contributed by atoms with Crippen LogP contribution in [-0.4, -0.2) is 16.9 Å². The van der Waals surface area contributed by atoms with Crippen molar-refractivity contribution in [3.05, 3.63) is 59.0 Å². The Labute approximate surface area is 156 Å². The van der Waals surface area contributed by atoms with Gasteiger partial charge in [-0.25, -0.2) is 9.78 Å². The Balaban J connectivity index is 1.47. The molecule has 1 amide bonds. The number of nitrogens with zero attached hydrogens (tertiary/aromatic N) is 1. The van der Waals surface area contributed by atoms with Crippen LogP contribution in [0.15, 0.2) is 40.8 Å². The number of oxazole rings is 1. The molecule has 0 unspecified atom stereocenters. The zero-order chi connectivity index (χ0) is 19.9. The number of alkyl halides is 3. The van der Waals surface area contributed by atoms with Crippen LogP contribution in [-0.2, 0) is 28.7 Å². The third kappa shape index (κ3) is 3.55. The van der Waals surface area contributed by atoms with E-state index in [2.05, 4.69) is 10.3 Å². The van der Waals surface area contributed by atoms with Crippen molar-refractivity contribution < 1.29 is 31.9 Å². The number of carbonyl (C=O) groups is 2. The van der Waals surface area contributed by atoms with Gasteiger partial charge < -0.3 is 14.5 Å². The van der Waals surface area contributed by atoms with Gasteiger partial charge in [0, 0.05) is 12.1 Å². The zero-order valence-electron chi connectivity index (χ0n) is 14.3. The van der Waals surface area contributed by atoms with Crippen LogP contribution in [0.1, 0.15) is 33.8 Å². The van der Waals surface area contributed by atoms with Crippen LogP contribution < -0.4 is 5.32 Å². The predicted octanol–water partition coefficient (Wildman–Crippen LogP) is 4.09. The molecule has 0 fully saturated rings. The molecule has 1 aliphatic rings. The summed E-state index contributed by atoms with van der Waals surface area (Å²) < 4.78 is 48.7. The van der Waals surface area contributed by atoms with Crippen LogP contribution in [0, 0.1) is 0 Å². The summed E-state index contributed by atoms with van der Waals surface area (Å²) in [5.41, 5.74) is 1.15. The van der Waals surface area contributed by atoms with Crippen LogP contribution in [0.4, 0.5) is 18.9 Å². The van der Waals surface area contributed by atoms with E-state index in [0.29, 0.717) is 24.1 Å². The lowest BCUT2D eigenvalue weighted by Crippen LogP contribution is -2.19. The molecule has 3 aromatic rings. The Bertz CT molecular complexity index is 1090. The van der Waals surface area contributed by atoms with Crippen molar-refractivity contribution >= 4 is 28.7 Å². The maximum Gasteiger partial charge on any atom is 0.416 e. The molecule has 6 nitrogen and oxygen atoms in total. The lowest BCUT2D eigenvalue weighted by Gasteiger charge is -2.17. The summed E-state index contributed by atoms with van der Waals surface area (Å²) >= 11 is 0. The van der Waals surface area contributed by atoms with Crippen molar-refractivity contribution in [3.8, 4) is 0 Å². The van der Waals surface area contributed by atoms with Gasteiger partial charge in [0.25, 0.3) is 0 Å². The second-order valence-corrected chi connectivity index (χ2v) is 6.28. The minimum absolute atomic E-state index is 0.00658. The number of anilines is 1. The first-order valence-corrected chi connectivity index (χ1v) is 8.36. The van der Waals surface area contributed by atoms with Crippen molar-refractivity contribution in [1.29, 1.82) is 0 Å². The van der Waals surface area contributed by atoms with Crippen molar-refractivity contribution in [2.24, 2.45) is 0 Å². The number of hydrogen-bond donors (Lipinski definition) is 1. The first-order chi connectivity index (χ1) is 13.3. The average molecular weight is 390 g/mol. The van der Waals surface area contributed by atoms with Gasteiger partial charge in [0.2, 0.25) is 11.8 Å². The topological polar surface area (TPSA) is 81.4 Å². The highest BCUT2D eigenvalue weighted by atomic mass is 19.4. The van der Waals surface area contributed by atoms with Gasteiger partial charge in [-0.2, -0.15) is 13.2 Å². The first kappa shape index (κ1) is 18.0. The van der Waals surface area contributed by atoms with Gasteiger partial charge in [-0.3, -0.25) is 4.79 Å². The summed E-state index contributed by atoms with van der Waals surface area (Å²) in [4.78, 5) is 27.6.